The topological polar surface area (TPSA) is 38.5 Å². The second-order valence-corrected chi connectivity index (χ2v) is 5.40. The van der Waals surface area contributed by atoms with E-state index >= 15 is 0 Å². The second-order valence-electron chi connectivity index (χ2n) is 5.40. The molecule has 1 aromatic rings. The SMILES string of the molecule is CC(N)Cc1c(F)cccc1N1CCCOC(C)C1. The molecule has 2 atom stereocenters. The summed E-state index contributed by atoms with van der Waals surface area (Å²) in [6.45, 7) is 6.44. The van der Waals surface area contributed by atoms with Gasteiger partial charge in [0.1, 0.15) is 5.82 Å². The van der Waals surface area contributed by atoms with Gasteiger partial charge in [-0.3, -0.25) is 0 Å². The van der Waals surface area contributed by atoms with Crippen LogP contribution in [0.3, 0.4) is 0 Å². The summed E-state index contributed by atoms with van der Waals surface area (Å²) in [4.78, 5) is 2.22. The van der Waals surface area contributed by atoms with Crippen LogP contribution in [0.15, 0.2) is 18.2 Å². The van der Waals surface area contributed by atoms with Crippen LogP contribution in [0.1, 0.15) is 25.8 Å². The molecule has 0 spiro atoms. The molecule has 0 aliphatic carbocycles. The summed E-state index contributed by atoms with van der Waals surface area (Å²) in [7, 11) is 0. The van der Waals surface area contributed by atoms with Crippen molar-refractivity contribution in [2.45, 2.75) is 38.8 Å². The molecule has 2 N–H and O–H groups in total. The lowest BCUT2D eigenvalue weighted by Gasteiger charge is -2.27. The van der Waals surface area contributed by atoms with Crippen LogP contribution in [-0.4, -0.2) is 31.8 Å². The number of hydrogen-bond acceptors (Lipinski definition) is 3. The summed E-state index contributed by atoms with van der Waals surface area (Å²) in [6, 6.07) is 5.22. The molecule has 3 nitrogen and oxygen atoms in total. The fourth-order valence-electron chi connectivity index (χ4n) is 2.58. The predicted molar refractivity (Wildman–Crippen MR) is 76.0 cm³/mol. The molecule has 1 heterocycles. The van der Waals surface area contributed by atoms with Gasteiger partial charge in [0, 0.05) is 37.0 Å². The Morgan fingerprint density at radius 2 is 2.32 bits per heavy atom. The van der Waals surface area contributed by atoms with E-state index in [-0.39, 0.29) is 18.0 Å². The van der Waals surface area contributed by atoms with E-state index in [0.717, 1.165) is 37.4 Å². The van der Waals surface area contributed by atoms with Crippen molar-refractivity contribution < 1.29 is 9.13 Å². The predicted octanol–water partition coefficient (Wildman–Crippen LogP) is 2.33. The summed E-state index contributed by atoms with van der Waals surface area (Å²) in [6.07, 6.45) is 1.71. The van der Waals surface area contributed by atoms with Crippen LogP contribution >= 0.6 is 0 Å². The Labute approximate surface area is 114 Å². The molecular weight excluding hydrogens is 243 g/mol. The lowest BCUT2D eigenvalue weighted by Crippen LogP contribution is -2.32. The molecular formula is C15H23FN2O. The minimum atomic E-state index is -0.160. The van der Waals surface area contributed by atoms with Gasteiger partial charge in [0.05, 0.1) is 6.10 Å². The van der Waals surface area contributed by atoms with Crippen LogP contribution in [0.25, 0.3) is 0 Å². The molecule has 0 radical (unpaired) electrons. The number of halogens is 1. The Bertz CT molecular complexity index is 423. The third-order valence-electron chi connectivity index (χ3n) is 3.41. The van der Waals surface area contributed by atoms with E-state index in [1.807, 2.05) is 13.0 Å². The maximum Gasteiger partial charge on any atom is 0.128 e. The quantitative estimate of drug-likeness (QED) is 0.912. The molecule has 0 bridgehead atoms. The molecule has 4 heteroatoms. The smallest absolute Gasteiger partial charge is 0.128 e. The highest BCUT2D eigenvalue weighted by molar-refractivity contribution is 5.54. The van der Waals surface area contributed by atoms with Crippen LogP contribution in [0.5, 0.6) is 0 Å². The number of ether oxygens (including phenoxy) is 1. The first-order valence-corrected chi connectivity index (χ1v) is 6.97. The molecule has 1 aliphatic rings. The Morgan fingerprint density at radius 3 is 3.05 bits per heavy atom. The Morgan fingerprint density at radius 1 is 1.53 bits per heavy atom. The van der Waals surface area contributed by atoms with Gasteiger partial charge >= 0.3 is 0 Å². The Kier molecular flexibility index (Phi) is 4.77. The van der Waals surface area contributed by atoms with E-state index in [1.54, 1.807) is 6.07 Å². The van der Waals surface area contributed by atoms with E-state index in [4.69, 9.17) is 10.5 Å². The molecule has 0 aromatic heterocycles. The third-order valence-corrected chi connectivity index (χ3v) is 3.41. The largest absolute Gasteiger partial charge is 0.377 e. The van der Waals surface area contributed by atoms with Crippen LogP contribution in [0.4, 0.5) is 10.1 Å². The van der Waals surface area contributed by atoms with Gasteiger partial charge in [0.15, 0.2) is 0 Å². The van der Waals surface area contributed by atoms with Crippen molar-refractivity contribution in [3.8, 4) is 0 Å². The van der Waals surface area contributed by atoms with Crippen LogP contribution < -0.4 is 10.6 Å². The van der Waals surface area contributed by atoms with Crippen LogP contribution in [0.2, 0.25) is 0 Å². The zero-order valence-corrected chi connectivity index (χ0v) is 11.7. The van der Waals surface area contributed by atoms with Crippen molar-refractivity contribution in [2.24, 2.45) is 5.73 Å². The molecule has 1 aromatic carbocycles. The van der Waals surface area contributed by atoms with E-state index in [9.17, 15) is 4.39 Å². The van der Waals surface area contributed by atoms with Gasteiger partial charge in [-0.15, -0.1) is 0 Å². The van der Waals surface area contributed by atoms with Gasteiger partial charge in [-0.1, -0.05) is 6.07 Å². The lowest BCUT2D eigenvalue weighted by atomic mass is 10.0. The van der Waals surface area contributed by atoms with Gasteiger partial charge < -0.3 is 15.4 Å². The maximum atomic E-state index is 14.1. The Balaban J connectivity index is 2.29. The number of anilines is 1. The van der Waals surface area contributed by atoms with E-state index in [1.165, 1.54) is 6.07 Å². The minimum Gasteiger partial charge on any atom is -0.377 e. The minimum absolute atomic E-state index is 0.0451. The van der Waals surface area contributed by atoms with Crippen molar-refractivity contribution in [1.29, 1.82) is 0 Å². The highest BCUT2D eigenvalue weighted by Crippen LogP contribution is 2.26. The molecule has 19 heavy (non-hydrogen) atoms. The lowest BCUT2D eigenvalue weighted by molar-refractivity contribution is 0.0820. The zero-order chi connectivity index (χ0) is 13.8. The van der Waals surface area contributed by atoms with Crippen molar-refractivity contribution in [3.05, 3.63) is 29.6 Å². The fourth-order valence-corrected chi connectivity index (χ4v) is 2.58. The average molecular weight is 266 g/mol. The average Bonchev–Trinajstić information content (AvgIpc) is 2.56. The van der Waals surface area contributed by atoms with Crippen LogP contribution in [-0.2, 0) is 11.2 Å². The molecule has 2 rings (SSSR count). The van der Waals surface area contributed by atoms with Crippen molar-refractivity contribution >= 4 is 5.69 Å². The van der Waals surface area contributed by atoms with Gasteiger partial charge in [0.2, 0.25) is 0 Å². The molecule has 106 valence electrons. The van der Waals surface area contributed by atoms with Gasteiger partial charge in [-0.25, -0.2) is 4.39 Å². The second kappa shape index (κ2) is 6.35. The van der Waals surface area contributed by atoms with Gasteiger partial charge in [-0.2, -0.15) is 0 Å². The third kappa shape index (κ3) is 3.67. The molecule has 2 unspecified atom stereocenters. The first kappa shape index (κ1) is 14.3. The monoisotopic (exact) mass is 266 g/mol. The summed E-state index contributed by atoms with van der Waals surface area (Å²) < 4.78 is 19.7. The Hall–Kier alpha value is -1.13. The number of benzene rings is 1. The molecule has 1 saturated heterocycles. The summed E-state index contributed by atoms with van der Waals surface area (Å²) in [5.74, 6) is -0.160. The molecule has 0 amide bonds. The number of nitrogens with two attached hydrogens (primary N) is 1. The molecule has 1 fully saturated rings. The molecule has 0 saturated carbocycles. The highest BCUT2D eigenvalue weighted by atomic mass is 19.1. The summed E-state index contributed by atoms with van der Waals surface area (Å²) in [5.41, 5.74) is 7.54. The maximum absolute atomic E-state index is 14.1. The zero-order valence-electron chi connectivity index (χ0n) is 11.7. The van der Waals surface area contributed by atoms with Crippen molar-refractivity contribution in [1.82, 2.24) is 0 Å². The molecule has 1 aliphatic heterocycles. The van der Waals surface area contributed by atoms with E-state index in [0.29, 0.717) is 6.42 Å². The first-order valence-electron chi connectivity index (χ1n) is 6.97. The standard InChI is InChI=1S/C15H23FN2O/c1-11(17)9-13-14(16)5-3-6-15(13)18-7-4-8-19-12(2)10-18/h3,5-6,11-12H,4,7-10,17H2,1-2H3. The van der Waals surface area contributed by atoms with Crippen molar-refractivity contribution in [3.63, 3.8) is 0 Å². The van der Waals surface area contributed by atoms with Gasteiger partial charge in [0.25, 0.3) is 0 Å². The normalized spacial score (nSPS) is 22.1. The summed E-state index contributed by atoms with van der Waals surface area (Å²) >= 11 is 0. The van der Waals surface area contributed by atoms with Crippen molar-refractivity contribution in [2.75, 3.05) is 24.6 Å². The number of hydrogen-bond donors (Lipinski definition) is 1. The van der Waals surface area contributed by atoms with E-state index in [2.05, 4.69) is 11.8 Å². The highest BCUT2D eigenvalue weighted by Gasteiger charge is 2.20. The number of nitrogens with zero attached hydrogens (tertiary/aromatic N) is 1. The number of rotatable bonds is 3. The fraction of sp³-hybridized carbons (Fsp3) is 0.600. The van der Waals surface area contributed by atoms with Gasteiger partial charge in [-0.05, 0) is 38.8 Å². The first-order chi connectivity index (χ1) is 9.08. The summed E-state index contributed by atoms with van der Waals surface area (Å²) in [5, 5.41) is 0. The van der Waals surface area contributed by atoms with Crippen LogP contribution in [0, 0.1) is 5.82 Å². The van der Waals surface area contributed by atoms with E-state index < -0.39 is 0 Å².